The molecule has 1 aromatic carbocycles. The summed E-state index contributed by atoms with van der Waals surface area (Å²) >= 11 is 6.21. The third kappa shape index (κ3) is 3.35. The Morgan fingerprint density at radius 2 is 2.10 bits per heavy atom. The molecule has 20 heavy (non-hydrogen) atoms. The molecule has 0 aliphatic carbocycles. The van der Waals surface area contributed by atoms with Crippen LogP contribution in [0.3, 0.4) is 0 Å². The summed E-state index contributed by atoms with van der Waals surface area (Å²) in [6.07, 6.45) is 4.61. The Balaban J connectivity index is 2.44. The van der Waals surface area contributed by atoms with Crippen molar-refractivity contribution in [3.05, 3.63) is 64.2 Å². The van der Waals surface area contributed by atoms with E-state index in [0.29, 0.717) is 5.02 Å². The molecule has 2 aromatic rings. The zero-order valence-corrected chi connectivity index (χ0v) is 12.4. The van der Waals surface area contributed by atoms with Crippen molar-refractivity contribution in [1.82, 2.24) is 10.3 Å². The van der Waals surface area contributed by atoms with E-state index in [1.807, 2.05) is 19.2 Å². The van der Waals surface area contributed by atoms with Gasteiger partial charge in [-0.3, -0.25) is 4.98 Å². The van der Waals surface area contributed by atoms with Crippen molar-refractivity contribution in [2.45, 2.75) is 26.3 Å². The molecule has 1 N–H and O–H groups in total. The summed E-state index contributed by atoms with van der Waals surface area (Å²) in [5.74, 6) is -0.323. The number of rotatable bonds is 5. The van der Waals surface area contributed by atoms with Gasteiger partial charge in [-0.1, -0.05) is 24.6 Å². The van der Waals surface area contributed by atoms with E-state index in [1.165, 1.54) is 12.1 Å². The predicted octanol–water partition coefficient (Wildman–Crippen LogP) is 4.27. The number of hydrogen-bond acceptors (Lipinski definition) is 2. The lowest BCUT2D eigenvalue weighted by Crippen LogP contribution is -2.24. The standard InChI is InChI=1S/C16H18ClFN2/c1-3-7-20-16(14-10-19-8-6-11(14)2)13-5-4-12(18)9-15(13)17/h4-6,8-10,16,20H,3,7H2,1-2H3. The Morgan fingerprint density at radius 3 is 2.75 bits per heavy atom. The number of hydrogen-bond donors (Lipinski definition) is 1. The molecule has 1 atom stereocenters. The first kappa shape index (κ1) is 14.9. The fourth-order valence-corrected chi connectivity index (χ4v) is 2.47. The van der Waals surface area contributed by atoms with Crippen molar-refractivity contribution in [2.24, 2.45) is 0 Å². The van der Waals surface area contributed by atoms with Crippen LogP contribution in [0.4, 0.5) is 4.39 Å². The second kappa shape index (κ2) is 6.82. The Kier molecular flexibility index (Phi) is 5.10. The van der Waals surface area contributed by atoms with Crippen LogP contribution in [0.15, 0.2) is 36.7 Å². The maximum atomic E-state index is 13.2. The van der Waals surface area contributed by atoms with Gasteiger partial charge in [0.25, 0.3) is 0 Å². The largest absolute Gasteiger partial charge is 0.306 e. The van der Waals surface area contributed by atoms with Crippen LogP contribution < -0.4 is 5.32 Å². The lowest BCUT2D eigenvalue weighted by molar-refractivity contribution is 0.590. The van der Waals surface area contributed by atoms with E-state index in [9.17, 15) is 4.39 Å². The summed E-state index contributed by atoms with van der Waals surface area (Å²) in [5.41, 5.74) is 3.07. The van der Waals surface area contributed by atoms with Crippen molar-refractivity contribution in [3.63, 3.8) is 0 Å². The van der Waals surface area contributed by atoms with Gasteiger partial charge in [-0.25, -0.2) is 4.39 Å². The zero-order valence-electron chi connectivity index (χ0n) is 11.7. The highest BCUT2D eigenvalue weighted by atomic mass is 35.5. The van der Waals surface area contributed by atoms with Crippen LogP contribution in [0.1, 0.15) is 36.1 Å². The van der Waals surface area contributed by atoms with Gasteiger partial charge in [-0.2, -0.15) is 0 Å². The minimum atomic E-state index is -0.323. The highest BCUT2D eigenvalue weighted by Gasteiger charge is 2.18. The van der Waals surface area contributed by atoms with Gasteiger partial charge >= 0.3 is 0 Å². The predicted molar refractivity (Wildman–Crippen MR) is 80.5 cm³/mol. The van der Waals surface area contributed by atoms with Gasteiger partial charge in [-0.15, -0.1) is 0 Å². The van der Waals surface area contributed by atoms with E-state index in [-0.39, 0.29) is 11.9 Å². The van der Waals surface area contributed by atoms with E-state index in [4.69, 9.17) is 11.6 Å². The van der Waals surface area contributed by atoms with Crippen LogP contribution in [0, 0.1) is 12.7 Å². The average molecular weight is 293 g/mol. The highest BCUT2D eigenvalue weighted by Crippen LogP contribution is 2.30. The average Bonchev–Trinajstić information content (AvgIpc) is 2.42. The smallest absolute Gasteiger partial charge is 0.124 e. The van der Waals surface area contributed by atoms with Gasteiger partial charge in [0.15, 0.2) is 0 Å². The molecule has 0 saturated heterocycles. The molecular formula is C16H18ClFN2. The van der Waals surface area contributed by atoms with E-state index in [0.717, 1.165) is 29.7 Å². The molecule has 2 nitrogen and oxygen atoms in total. The minimum Gasteiger partial charge on any atom is -0.306 e. The summed E-state index contributed by atoms with van der Waals surface area (Å²) in [6.45, 7) is 4.99. The van der Waals surface area contributed by atoms with Crippen molar-refractivity contribution < 1.29 is 4.39 Å². The van der Waals surface area contributed by atoms with Crippen molar-refractivity contribution >= 4 is 11.6 Å². The summed E-state index contributed by atoms with van der Waals surface area (Å²) in [4.78, 5) is 4.19. The summed E-state index contributed by atoms with van der Waals surface area (Å²) < 4.78 is 13.2. The summed E-state index contributed by atoms with van der Waals surface area (Å²) in [6, 6.07) is 6.42. The van der Waals surface area contributed by atoms with Crippen LogP contribution in [-0.2, 0) is 0 Å². The quantitative estimate of drug-likeness (QED) is 0.890. The maximum absolute atomic E-state index is 13.2. The molecule has 0 fully saturated rings. The van der Waals surface area contributed by atoms with Gasteiger partial charge in [0.2, 0.25) is 0 Å². The number of nitrogens with zero attached hydrogens (tertiary/aromatic N) is 1. The van der Waals surface area contributed by atoms with E-state index < -0.39 is 0 Å². The molecule has 106 valence electrons. The molecular weight excluding hydrogens is 275 g/mol. The topological polar surface area (TPSA) is 24.9 Å². The van der Waals surface area contributed by atoms with Gasteiger partial charge < -0.3 is 5.32 Å². The number of nitrogens with one attached hydrogen (secondary N) is 1. The molecule has 1 aromatic heterocycles. The molecule has 0 bridgehead atoms. The lowest BCUT2D eigenvalue weighted by Gasteiger charge is -2.22. The number of pyridine rings is 1. The number of halogens is 2. The molecule has 1 heterocycles. The third-order valence-electron chi connectivity index (χ3n) is 3.26. The SMILES string of the molecule is CCCNC(c1cnccc1C)c1ccc(F)cc1Cl. The Labute approximate surface area is 124 Å². The van der Waals surface area contributed by atoms with E-state index in [1.54, 1.807) is 12.3 Å². The highest BCUT2D eigenvalue weighted by molar-refractivity contribution is 6.31. The van der Waals surface area contributed by atoms with Crippen LogP contribution >= 0.6 is 11.6 Å². The van der Waals surface area contributed by atoms with Crippen LogP contribution in [0.25, 0.3) is 0 Å². The molecule has 0 amide bonds. The van der Waals surface area contributed by atoms with Crippen molar-refractivity contribution in [3.8, 4) is 0 Å². The van der Waals surface area contributed by atoms with Crippen LogP contribution in [0.5, 0.6) is 0 Å². The Bertz CT molecular complexity index is 586. The lowest BCUT2D eigenvalue weighted by atomic mass is 9.96. The van der Waals surface area contributed by atoms with Crippen LogP contribution in [-0.4, -0.2) is 11.5 Å². The van der Waals surface area contributed by atoms with Crippen molar-refractivity contribution in [1.29, 1.82) is 0 Å². The summed E-state index contributed by atoms with van der Waals surface area (Å²) in [5, 5.41) is 3.89. The molecule has 0 radical (unpaired) electrons. The third-order valence-corrected chi connectivity index (χ3v) is 3.59. The van der Waals surface area contributed by atoms with Crippen LogP contribution in [0.2, 0.25) is 5.02 Å². The second-order valence-corrected chi connectivity index (χ2v) is 5.19. The first-order valence-corrected chi connectivity index (χ1v) is 7.10. The molecule has 2 rings (SSSR count). The number of benzene rings is 1. The molecule has 4 heteroatoms. The molecule has 1 unspecified atom stereocenters. The number of aryl methyl sites for hydroxylation is 1. The fraction of sp³-hybridized carbons (Fsp3) is 0.312. The fourth-order valence-electron chi connectivity index (χ4n) is 2.19. The van der Waals surface area contributed by atoms with Gasteiger partial charge in [0, 0.05) is 17.4 Å². The molecule has 0 aliphatic rings. The van der Waals surface area contributed by atoms with Gasteiger partial charge in [-0.05, 0) is 54.8 Å². The monoisotopic (exact) mass is 292 g/mol. The van der Waals surface area contributed by atoms with E-state index >= 15 is 0 Å². The molecule has 0 spiro atoms. The molecule has 0 aliphatic heterocycles. The second-order valence-electron chi connectivity index (χ2n) is 4.79. The molecule has 0 saturated carbocycles. The van der Waals surface area contributed by atoms with E-state index in [2.05, 4.69) is 17.2 Å². The Morgan fingerprint density at radius 1 is 1.30 bits per heavy atom. The number of aromatic nitrogens is 1. The Hall–Kier alpha value is -1.45. The first-order chi connectivity index (χ1) is 9.63. The minimum absolute atomic E-state index is 0.0725. The van der Waals surface area contributed by atoms with Gasteiger partial charge in [0.1, 0.15) is 5.82 Å². The van der Waals surface area contributed by atoms with Gasteiger partial charge in [0.05, 0.1) is 6.04 Å². The first-order valence-electron chi connectivity index (χ1n) is 6.72. The zero-order chi connectivity index (χ0) is 14.5. The summed E-state index contributed by atoms with van der Waals surface area (Å²) in [7, 11) is 0. The maximum Gasteiger partial charge on any atom is 0.124 e. The normalized spacial score (nSPS) is 12.4. The van der Waals surface area contributed by atoms with Crippen molar-refractivity contribution in [2.75, 3.05) is 6.54 Å².